The number of hydrogen-bond donors (Lipinski definition) is 0. The first-order valence-corrected chi connectivity index (χ1v) is 10.2. The number of amides is 3. The largest absolute Gasteiger partial charge is 0.280 e. The van der Waals surface area contributed by atoms with Crippen LogP contribution in [0.5, 0.6) is 0 Å². The van der Waals surface area contributed by atoms with Gasteiger partial charge < -0.3 is 0 Å². The van der Waals surface area contributed by atoms with E-state index in [2.05, 4.69) is 16.0 Å². The second-order valence-electron chi connectivity index (χ2n) is 7.08. The van der Waals surface area contributed by atoms with Crippen LogP contribution in [-0.4, -0.2) is 39.1 Å². The summed E-state index contributed by atoms with van der Waals surface area (Å²) in [6.45, 7) is 4.00. The summed E-state index contributed by atoms with van der Waals surface area (Å²) < 4.78 is 0.982. The fraction of sp³-hybridized carbons (Fsp3) is 0.286. The van der Waals surface area contributed by atoms with Gasteiger partial charge in [0.15, 0.2) is 5.13 Å². The van der Waals surface area contributed by atoms with E-state index < -0.39 is 0 Å². The van der Waals surface area contributed by atoms with Crippen molar-refractivity contribution < 1.29 is 14.4 Å². The Balaban J connectivity index is 1.69. The average molecular weight is 408 g/mol. The van der Waals surface area contributed by atoms with Gasteiger partial charge in [-0.1, -0.05) is 17.4 Å². The number of nitrogens with zero attached hydrogens (tertiary/aromatic N) is 4. The molecule has 8 heteroatoms. The summed E-state index contributed by atoms with van der Waals surface area (Å²) in [5, 5.41) is 0.528. The van der Waals surface area contributed by atoms with E-state index in [1.807, 2.05) is 32.0 Å². The minimum atomic E-state index is -0.355. The Morgan fingerprint density at radius 1 is 1.14 bits per heavy atom. The third kappa shape index (κ3) is 3.88. The van der Waals surface area contributed by atoms with Gasteiger partial charge in [0, 0.05) is 19.0 Å². The van der Waals surface area contributed by atoms with Crippen LogP contribution in [0.4, 0.5) is 5.13 Å². The number of pyridine rings is 1. The molecule has 0 saturated carbocycles. The monoisotopic (exact) mass is 408 g/mol. The summed E-state index contributed by atoms with van der Waals surface area (Å²) in [5.74, 6) is -0.972. The molecule has 4 rings (SSSR count). The molecule has 3 aromatic rings. The molecular weight excluding hydrogens is 388 g/mol. The Kier molecular flexibility index (Phi) is 5.10. The number of aryl methyl sites for hydroxylation is 2. The minimum Gasteiger partial charge on any atom is -0.280 e. The van der Waals surface area contributed by atoms with Gasteiger partial charge in [0.25, 0.3) is 0 Å². The zero-order valence-electron chi connectivity index (χ0n) is 16.2. The zero-order valence-corrected chi connectivity index (χ0v) is 17.0. The maximum atomic E-state index is 13.1. The molecule has 3 amide bonds. The summed E-state index contributed by atoms with van der Waals surface area (Å²) in [7, 11) is 0. The number of likely N-dealkylation sites (tertiary alicyclic amines) is 1. The number of fused-ring (bicyclic) bond motifs is 1. The second-order valence-corrected chi connectivity index (χ2v) is 8.08. The first-order valence-electron chi connectivity index (χ1n) is 9.33. The standard InChI is InChI=1S/C21H20N4O3S/c1-13-9-16-17(10-14(13)2)29-21(23-16)25(11-15-5-3-4-8-22-15)20(28)12-24-18(26)6-7-19(24)27/h3-5,8-10H,6-7,11-12H2,1-2H3. The Bertz CT molecular complexity index is 1050. The zero-order chi connectivity index (χ0) is 20.5. The quantitative estimate of drug-likeness (QED) is 0.606. The van der Waals surface area contributed by atoms with Crippen LogP contribution in [0, 0.1) is 13.8 Å². The maximum Gasteiger partial charge on any atom is 0.249 e. The Morgan fingerprint density at radius 3 is 2.55 bits per heavy atom. The van der Waals surface area contributed by atoms with Crippen molar-refractivity contribution in [1.82, 2.24) is 14.9 Å². The van der Waals surface area contributed by atoms with Crippen LogP contribution >= 0.6 is 11.3 Å². The summed E-state index contributed by atoms with van der Waals surface area (Å²) in [4.78, 5) is 48.6. The van der Waals surface area contributed by atoms with Gasteiger partial charge in [-0.2, -0.15) is 0 Å². The molecule has 3 heterocycles. The van der Waals surface area contributed by atoms with Crippen LogP contribution in [0.25, 0.3) is 10.2 Å². The van der Waals surface area contributed by atoms with Crippen molar-refractivity contribution >= 4 is 44.4 Å². The SMILES string of the molecule is Cc1cc2nc(N(Cc3ccccn3)C(=O)CN3C(=O)CCC3=O)sc2cc1C. The van der Waals surface area contributed by atoms with Crippen molar-refractivity contribution in [2.45, 2.75) is 33.2 Å². The van der Waals surface area contributed by atoms with Gasteiger partial charge in [-0.15, -0.1) is 0 Å². The number of carbonyl (C=O) groups excluding carboxylic acids is 3. The average Bonchev–Trinajstić information content (AvgIpc) is 3.24. The molecule has 0 N–H and O–H groups in total. The third-order valence-electron chi connectivity index (χ3n) is 5.02. The van der Waals surface area contributed by atoms with E-state index in [1.54, 1.807) is 12.3 Å². The van der Waals surface area contributed by atoms with Gasteiger partial charge in [0.2, 0.25) is 17.7 Å². The molecule has 1 aliphatic heterocycles. The molecular formula is C21H20N4O3S. The van der Waals surface area contributed by atoms with Gasteiger partial charge >= 0.3 is 0 Å². The summed E-state index contributed by atoms with van der Waals surface area (Å²) in [5.41, 5.74) is 3.81. The molecule has 0 radical (unpaired) electrons. The van der Waals surface area contributed by atoms with E-state index in [4.69, 9.17) is 0 Å². The normalized spacial score (nSPS) is 14.1. The predicted octanol–water partition coefficient (Wildman–Crippen LogP) is 2.99. The molecule has 2 aromatic heterocycles. The van der Waals surface area contributed by atoms with Gasteiger partial charge in [-0.25, -0.2) is 4.98 Å². The number of aromatic nitrogens is 2. The molecule has 1 aliphatic rings. The lowest BCUT2D eigenvalue weighted by Crippen LogP contribution is -2.42. The molecule has 29 heavy (non-hydrogen) atoms. The molecule has 0 atom stereocenters. The highest BCUT2D eigenvalue weighted by molar-refractivity contribution is 7.22. The van der Waals surface area contributed by atoms with Gasteiger partial charge in [-0.05, 0) is 49.2 Å². The lowest BCUT2D eigenvalue weighted by molar-refractivity contribution is -0.141. The fourth-order valence-corrected chi connectivity index (χ4v) is 4.28. The highest BCUT2D eigenvalue weighted by Crippen LogP contribution is 2.32. The molecule has 7 nitrogen and oxygen atoms in total. The second kappa shape index (κ2) is 7.71. The van der Waals surface area contributed by atoms with Crippen molar-refractivity contribution in [1.29, 1.82) is 0 Å². The third-order valence-corrected chi connectivity index (χ3v) is 6.06. The fourth-order valence-electron chi connectivity index (χ4n) is 3.22. The minimum absolute atomic E-state index is 0.159. The van der Waals surface area contributed by atoms with Crippen LogP contribution in [0.2, 0.25) is 0 Å². The molecule has 0 unspecified atom stereocenters. The van der Waals surface area contributed by atoms with E-state index in [1.165, 1.54) is 16.2 Å². The number of imide groups is 1. The van der Waals surface area contributed by atoms with E-state index in [9.17, 15) is 14.4 Å². The molecule has 1 saturated heterocycles. The first-order chi connectivity index (χ1) is 13.9. The Hall–Kier alpha value is -3.13. The molecule has 1 aromatic carbocycles. The molecule has 0 spiro atoms. The highest BCUT2D eigenvalue weighted by Gasteiger charge is 2.33. The number of anilines is 1. The van der Waals surface area contributed by atoms with Crippen molar-refractivity contribution in [3.63, 3.8) is 0 Å². The highest BCUT2D eigenvalue weighted by atomic mass is 32.1. The number of carbonyl (C=O) groups is 3. The van der Waals surface area contributed by atoms with Crippen LogP contribution in [0.1, 0.15) is 29.7 Å². The summed E-state index contributed by atoms with van der Waals surface area (Å²) >= 11 is 1.41. The van der Waals surface area contributed by atoms with E-state index in [0.29, 0.717) is 10.8 Å². The van der Waals surface area contributed by atoms with E-state index in [-0.39, 0.29) is 43.7 Å². The van der Waals surface area contributed by atoms with Crippen LogP contribution in [0.3, 0.4) is 0 Å². The number of rotatable bonds is 5. The van der Waals surface area contributed by atoms with Crippen LogP contribution in [-0.2, 0) is 20.9 Å². The predicted molar refractivity (Wildman–Crippen MR) is 110 cm³/mol. The van der Waals surface area contributed by atoms with Crippen molar-refractivity contribution in [2.75, 3.05) is 11.4 Å². The molecule has 1 fully saturated rings. The number of benzene rings is 1. The van der Waals surface area contributed by atoms with Crippen LogP contribution < -0.4 is 4.90 Å². The number of hydrogen-bond acceptors (Lipinski definition) is 6. The lowest BCUT2D eigenvalue weighted by Gasteiger charge is -2.22. The van der Waals surface area contributed by atoms with Gasteiger partial charge in [0.1, 0.15) is 6.54 Å². The first kappa shape index (κ1) is 19.2. The van der Waals surface area contributed by atoms with E-state index >= 15 is 0 Å². The Morgan fingerprint density at radius 2 is 1.86 bits per heavy atom. The number of thiazole rings is 1. The van der Waals surface area contributed by atoms with Gasteiger partial charge in [-0.3, -0.25) is 29.2 Å². The van der Waals surface area contributed by atoms with E-state index in [0.717, 1.165) is 26.2 Å². The topological polar surface area (TPSA) is 83.5 Å². The molecule has 148 valence electrons. The smallest absolute Gasteiger partial charge is 0.249 e. The molecule has 0 aliphatic carbocycles. The van der Waals surface area contributed by atoms with Crippen molar-refractivity contribution in [3.8, 4) is 0 Å². The van der Waals surface area contributed by atoms with Gasteiger partial charge in [0.05, 0.1) is 22.5 Å². The summed E-state index contributed by atoms with van der Waals surface area (Å²) in [6.07, 6.45) is 1.98. The lowest BCUT2D eigenvalue weighted by atomic mass is 10.1. The molecule has 0 bridgehead atoms. The van der Waals surface area contributed by atoms with Crippen LogP contribution in [0.15, 0.2) is 36.5 Å². The van der Waals surface area contributed by atoms with Crippen molar-refractivity contribution in [2.24, 2.45) is 0 Å². The van der Waals surface area contributed by atoms with Crippen molar-refractivity contribution in [3.05, 3.63) is 53.3 Å². The Labute approximate surface area is 172 Å². The maximum absolute atomic E-state index is 13.1. The summed E-state index contributed by atoms with van der Waals surface area (Å²) in [6, 6.07) is 9.54.